The molecular weight excluding hydrogens is 363 g/mol. The fraction of sp³-hybridized carbons (Fsp3) is 0.412. The molecule has 25 heavy (non-hydrogen) atoms. The van der Waals surface area contributed by atoms with Crippen LogP contribution in [0.15, 0.2) is 42.7 Å². The predicted molar refractivity (Wildman–Crippen MR) is 101 cm³/mol. The second-order valence-corrected chi connectivity index (χ2v) is 5.57. The van der Waals surface area contributed by atoms with Crippen LogP contribution in [0, 0.1) is 0 Å². The highest BCUT2D eigenvalue weighted by molar-refractivity contribution is 5.85. The molecule has 1 atom stereocenters. The molecule has 1 aromatic carbocycles. The Morgan fingerprint density at radius 1 is 1.32 bits per heavy atom. The minimum Gasteiger partial charge on any atom is -0.378 e. The maximum atomic E-state index is 12.1. The highest BCUT2D eigenvalue weighted by Gasteiger charge is 2.21. The number of hydrogen-bond acceptors (Lipinski definition) is 4. The van der Waals surface area contributed by atoms with Gasteiger partial charge in [-0.1, -0.05) is 30.3 Å². The molecule has 1 aliphatic rings. The smallest absolute Gasteiger partial charge is 0.239 e. The number of aryl methyl sites for hydroxylation is 2. The van der Waals surface area contributed by atoms with Gasteiger partial charge in [-0.3, -0.25) is 4.79 Å². The molecule has 2 heterocycles. The molecule has 1 aliphatic heterocycles. The van der Waals surface area contributed by atoms with E-state index < -0.39 is 0 Å². The molecule has 8 heteroatoms. The Labute approximate surface area is 160 Å². The molecule has 1 fully saturated rings. The Balaban J connectivity index is 0.00000156. The van der Waals surface area contributed by atoms with Gasteiger partial charge in [0.05, 0.1) is 19.8 Å². The molecule has 1 aromatic heterocycles. The molecule has 2 N–H and O–H groups in total. The number of carbonyl (C=O) groups excluding carboxylic acids is 1. The summed E-state index contributed by atoms with van der Waals surface area (Å²) in [5, 5.41) is 6.07. The zero-order valence-electron chi connectivity index (χ0n) is 13.9. The molecule has 0 spiro atoms. The molecule has 0 radical (unpaired) electrons. The number of nitrogens with one attached hydrogen (secondary N) is 2. The lowest BCUT2D eigenvalue weighted by atomic mass is 10.1. The maximum absolute atomic E-state index is 12.1. The van der Waals surface area contributed by atoms with Gasteiger partial charge in [-0.05, 0) is 12.0 Å². The summed E-state index contributed by atoms with van der Waals surface area (Å²) in [7, 11) is 0. The lowest BCUT2D eigenvalue weighted by Gasteiger charge is -2.22. The third-order valence-electron chi connectivity index (χ3n) is 3.94. The standard InChI is InChI=1S/C17H22N4O2.2ClH/c22-17(15-13-23-11-8-18-15)20-12-16-19-7-10-21(16)9-6-14-4-2-1-3-5-14;;/h1-5,7,10,15,18H,6,8-9,11-13H2,(H,20,22);2*1H. The Bertz CT molecular complexity index is 631. The van der Waals surface area contributed by atoms with Crippen LogP contribution in [0.5, 0.6) is 0 Å². The fourth-order valence-corrected chi connectivity index (χ4v) is 2.63. The first-order valence-electron chi connectivity index (χ1n) is 7.96. The summed E-state index contributed by atoms with van der Waals surface area (Å²) in [5.41, 5.74) is 1.29. The topological polar surface area (TPSA) is 68.2 Å². The van der Waals surface area contributed by atoms with Crippen LogP contribution in [0.1, 0.15) is 11.4 Å². The Morgan fingerprint density at radius 3 is 2.84 bits per heavy atom. The molecular formula is C17H24Cl2N4O2. The molecule has 1 amide bonds. The van der Waals surface area contributed by atoms with E-state index in [1.165, 1.54) is 5.56 Å². The minimum absolute atomic E-state index is 0. The minimum atomic E-state index is -0.267. The van der Waals surface area contributed by atoms with Gasteiger partial charge < -0.3 is 19.9 Å². The van der Waals surface area contributed by atoms with Crippen LogP contribution in [0.3, 0.4) is 0 Å². The van der Waals surface area contributed by atoms with Gasteiger partial charge in [0.1, 0.15) is 11.9 Å². The Morgan fingerprint density at radius 2 is 2.12 bits per heavy atom. The molecule has 1 unspecified atom stereocenters. The van der Waals surface area contributed by atoms with E-state index in [0.29, 0.717) is 26.3 Å². The number of ether oxygens (including phenoxy) is 1. The zero-order chi connectivity index (χ0) is 15.9. The summed E-state index contributed by atoms with van der Waals surface area (Å²) in [4.78, 5) is 16.4. The van der Waals surface area contributed by atoms with Crippen molar-refractivity contribution in [1.82, 2.24) is 20.2 Å². The Hall–Kier alpha value is -1.60. The van der Waals surface area contributed by atoms with Crippen LogP contribution in [-0.2, 0) is 29.0 Å². The van der Waals surface area contributed by atoms with Crippen molar-refractivity contribution in [3.63, 3.8) is 0 Å². The molecule has 0 aliphatic carbocycles. The number of imidazole rings is 1. The lowest BCUT2D eigenvalue weighted by molar-refractivity contribution is -0.126. The van der Waals surface area contributed by atoms with E-state index in [9.17, 15) is 4.79 Å². The number of rotatable bonds is 6. The average molecular weight is 387 g/mol. The molecule has 138 valence electrons. The summed E-state index contributed by atoms with van der Waals surface area (Å²) >= 11 is 0. The third-order valence-corrected chi connectivity index (χ3v) is 3.94. The number of nitrogens with zero attached hydrogens (tertiary/aromatic N) is 2. The summed E-state index contributed by atoms with van der Waals surface area (Å²) in [6, 6.07) is 10.1. The molecule has 3 rings (SSSR count). The van der Waals surface area contributed by atoms with Gasteiger partial charge in [0.15, 0.2) is 0 Å². The van der Waals surface area contributed by atoms with Gasteiger partial charge in [0, 0.05) is 25.5 Å². The van der Waals surface area contributed by atoms with Gasteiger partial charge in [0.25, 0.3) is 0 Å². The van der Waals surface area contributed by atoms with Crippen molar-refractivity contribution in [2.75, 3.05) is 19.8 Å². The SMILES string of the molecule is Cl.Cl.O=C(NCc1nccn1CCc1ccccc1)C1COCCN1. The zero-order valence-corrected chi connectivity index (χ0v) is 15.5. The van der Waals surface area contributed by atoms with Crippen molar-refractivity contribution in [3.05, 3.63) is 54.1 Å². The quantitative estimate of drug-likeness (QED) is 0.790. The van der Waals surface area contributed by atoms with Crippen molar-refractivity contribution in [1.29, 1.82) is 0 Å². The van der Waals surface area contributed by atoms with Gasteiger partial charge in [-0.25, -0.2) is 4.98 Å². The van der Waals surface area contributed by atoms with Crippen molar-refractivity contribution >= 4 is 30.7 Å². The molecule has 0 saturated carbocycles. The number of halogens is 2. The van der Waals surface area contributed by atoms with Crippen molar-refractivity contribution < 1.29 is 9.53 Å². The van der Waals surface area contributed by atoms with Crippen molar-refractivity contribution in [3.8, 4) is 0 Å². The second kappa shape index (κ2) is 11.1. The lowest BCUT2D eigenvalue weighted by Crippen LogP contribution is -2.51. The van der Waals surface area contributed by atoms with Gasteiger partial charge in [-0.15, -0.1) is 24.8 Å². The van der Waals surface area contributed by atoms with Crippen molar-refractivity contribution in [2.24, 2.45) is 0 Å². The maximum Gasteiger partial charge on any atom is 0.239 e. The van der Waals surface area contributed by atoms with Crippen LogP contribution in [-0.4, -0.2) is 41.3 Å². The Kier molecular flexibility index (Phi) is 9.52. The molecule has 1 saturated heterocycles. The summed E-state index contributed by atoms with van der Waals surface area (Å²) in [6.45, 7) is 3.07. The molecule has 2 aromatic rings. The first-order valence-corrected chi connectivity index (χ1v) is 7.96. The average Bonchev–Trinajstić information content (AvgIpc) is 3.07. The van der Waals surface area contributed by atoms with Gasteiger partial charge in [-0.2, -0.15) is 0 Å². The number of carbonyl (C=O) groups is 1. The molecule has 6 nitrogen and oxygen atoms in total. The van der Waals surface area contributed by atoms with Crippen LogP contribution < -0.4 is 10.6 Å². The normalized spacial score (nSPS) is 16.4. The fourth-order valence-electron chi connectivity index (χ4n) is 2.63. The van der Waals surface area contributed by atoms with E-state index in [4.69, 9.17) is 4.74 Å². The van der Waals surface area contributed by atoms with Crippen LogP contribution in [0.25, 0.3) is 0 Å². The van der Waals surface area contributed by atoms with Gasteiger partial charge >= 0.3 is 0 Å². The highest BCUT2D eigenvalue weighted by Crippen LogP contribution is 2.04. The second-order valence-electron chi connectivity index (χ2n) is 5.57. The number of hydrogen-bond donors (Lipinski definition) is 2. The van der Waals surface area contributed by atoms with E-state index in [1.807, 2.05) is 24.4 Å². The van der Waals surface area contributed by atoms with E-state index in [2.05, 4.69) is 32.3 Å². The van der Waals surface area contributed by atoms with E-state index in [-0.39, 0.29) is 36.8 Å². The van der Waals surface area contributed by atoms with Crippen molar-refractivity contribution in [2.45, 2.75) is 25.6 Å². The van der Waals surface area contributed by atoms with Gasteiger partial charge in [0.2, 0.25) is 5.91 Å². The first-order chi connectivity index (χ1) is 11.3. The predicted octanol–water partition coefficient (Wildman–Crippen LogP) is 1.57. The number of aromatic nitrogens is 2. The number of morpholine rings is 1. The van der Waals surface area contributed by atoms with E-state index in [0.717, 1.165) is 18.8 Å². The van der Waals surface area contributed by atoms with Crippen LogP contribution in [0.4, 0.5) is 0 Å². The van der Waals surface area contributed by atoms with Crippen LogP contribution in [0.2, 0.25) is 0 Å². The number of amides is 1. The monoisotopic (exact) mass is 386 g/mol. The largest absolute Gasteiger partial charge is 0.378 e. The summed E-state index contributed by atoms with van der Waals surface area (Å²) < 4.78 is 7.39. The highest BCUT2D eigenvalue weighted by atomic mass is 35.5. The summed E-state index contributed by atoms with van der Waals surface area (Å²) in [5.74, 6) is 0.827. The van der Waals surface area contributed by atoms with E-state index in [1.54, 1.807) is 6.20 Å². The van der Waals surface area contributed by atoms with E-state index >= 15 is 0 Å². The first kappa shape index (κ1) is 21.4. The number of benzene rings is 1. The third kappa shape index (κ3) is 6.32. The summed E-state index contributed by atoms with van der Waals surface area (Å²) in [6.07, 6.45) is 4.66. The van der Waals surface area contributed by atoms with Crippen LogP contribution >= 0.6 is 24.8 Å². The molecule has 0 bridgehead atoms.